The standard InChI is InChI=1S/C11H15BrClNO3S/c1-8(6-13)7-18(15,16)14-11-5-9(17-2)3-4-10(11)12/h3-5,8,14H,6-7H2,1-2H3. The first kappa shape index (κ1) is 15.6. The van der Waals surface area contributed by atoms with Gasteiger partial charge in [-0.05, 0) is 34.0 Å². The minimum atomic E-state index is -3.41. The Kier molecular flexibility index (Phi) is 5.75. The molecule has 1 N–H and O–H groups in total. The number of rotatable bonds is 6. The number of nitrogens with one attached hydrogen (secondary N) is 1. The molecule has 0 heterocycles. The first-order chi connectivity index (χ1) is 8.38. The van der Waals surface area contributed by atoms with Gasteiger partial charge in [0.15, 0.2) is 0 Å². The molecule has 7 heteroatoms. The fourth-order valence-electron chi connectivity index (χ4n) is 1.34. The van der Waals surface area contributed by atoms with E-state index in [1.807, 2.05) is 0 Å². The number of hydrogen-bond acceptors (Lipinski definition) is 3. The molecule has 0 saturated carbocycles. The van der Waals surface area contributed by atoms with Crippen LogP contribution >= 0.6 is 27.5 Å². The molecule has 0 aliphatic carbocycles. The van der Waals surface area contributed by atoms with Crippen molar-refractivity contribution in [3.8, 4) is 5.75 Å². The van der Waals surface area contributed by atoms with Crippen molar-refractivity contribution < 1.29 is 13.2 Å². The monoisotopic (exact) mass is 355 g/mol. The third-order valence-corrected chi connectivity index (χ3v) is 4.96. The summed E-state index contributed by atoms with van der Waals surface area (Å²) in [5.74, 6) is 0.773. The van der Waals surface area contributed by atoms with Crippen LogP contribution in [0.1, 0.15) is 6.92 Å². The second-order valence-corrected chi connectivity index (χ2v) is 6.92. The third kappa shape index (κ3) is 4.66. The van der Waals surface area contributed by atoms with Crippen molar-refractivity contribution >= 4 is 43.2 Å². The van der Waals surface area contributed by atoms with Crippen LogP contribution in [-0.2, 0) is 10.0 Å². The van der Waals surface area contributed by atoms with Gasteiger partial charge in [-0.3, -0.25) is 4.72 Å². The molecule has 0 aromatic heterocycles. The highest BCUT2D eigenvalue weighted by molar-refractivity contribution is 9.10. The Labute approximate surface area is 121 Å². The molecule has 0 aliphatic rings. The van der Waals surface area contributed by atoms with Gasteiger partial charge in [-0.2, -0.15) is 0 Å². The van der Waals surface area contributed by atoms with E-state index in [2.05, 4.69) is 20.7 Å². The van der Waals surface area contributed by atoms with Crippen molar-refractivity contribution in [2.75, 3.05) is 23.5 Å². The molecule has 4 nitrogen and oxygen atoms in total. The van der Waals surface area contributed by atoms with Gasteiger partial charge in [0.05, 0.1) is 18.6 Å². The van der Waals surface area contributed by atoms with Crippen LogP contribution in [0, 0.1) is 5.92 Å². The van der Waals surface area contributed by atoms with Gasteiger partial charge >= 0.3 is 0 Å². The summed E-state index contributed by atoms with van der Waals surface area (Å²) in [5.41, 5.74) is 0.455. The lowest BCUT2D eigenvalue weighted by Crippen LogP contribution is -2.22. The van der Waals surface area contributed by atoms with E-state index in [0.717, 1.165) is 0 Å². The Balaban J connectivity index is 2.89. The highest BCUT2D eigenvalue weighted by Crippen LogP contribution is 2.28. The molecule has 0 bridgehead atoms. The number of benzene rings is 1. The molecule has 0 amide bonds. The lowest BCUT2D eigenvalue weighted by Gasteiger charge is -2.13. The van der Waals surface area contributed by atoms with E-state index in [1.165, 1.54) is 7.11 Å². The van der Waals surface area contributed by atoms with Crippen molar-refractivity contribution in [1.29, 1.82) is 0 Å². The van der Waals surface area contributed by atoms with Gasteiger partial charge in [-0.25, -0.2) is 8.42 Å². The summed E-state index contributed by atoms with van der Waals surface area (Å²) in [6.45, 7) is 1.78. The quantitative estimate of drug-likeness (QED) is 0.797. The predicted molar refractivity (Wildman–Crippen MR) is 78.0 cm³/mol. The summed E-state index contributed by atoms with van der Waals surface area (Å²) in [5, 5.41) is 0. The van der Waals surface area contributed by atoms with E-state index < -0.39 is 10.0 Å². The number of halogens is 2. The molecule has 1 rings (SSSR count). The topological polar surface area (TPSA) is 55.4 Å². The SMILES string of the molecule is COc1ccc(Br)c(NS(=O)(=O)CC(C)CCl)c1. The fourth-order valence-corrected chi connectivity index (χ4v) is 3.51. The summed E-state index contributed by atoms with van der Waals surface area (Å²) in [4.78, 5) is 0. The molecule has 0 spiro atoms. The van der Waals surface area contributed by atoms with Gasteiger partial charge < -0.3 is 4.74 Å². The minimum Gasteiger partial charge on any atom is -0.497 e. The fraction of sp³-hybridized carbons (Fsp3) is 0.455. The average molecular weight is 357 g/mol. The summed E-state index contributed by atoms with van der Waals surface area (Å²) >= 11 is 8.91. The molecule has 1 aromatic rings. The highest BCUT2D eigenvalue weighted by Gasteiger charge is 2.16. The zero-order valence-electron chi connectivity index (χ0n) is 10.1. The first-order valence-electron chi connectivity index (χ1n) is 5.28. The predicted octanol–water partition coefficient (Wildman–Crippen LogP) is 3.07. The van der Waals surface area contributed by atoms with E-state index in [1.54, 1.807) is 25.1 Å². The number of sulfonamides is 1. The largest absolute Gasteiger partial charge is 0.497 e. The zero-order chi connectivity index (χ0) is 13.8. The van der Waals surface area contributed by atoms with Crippen molar-refractivity contribution in [1.82, 2.24) is 0 Å². The molecule has 1 unspecified atom stereocenters. The van der Waals surface area contributed by atoms with Crippen LogP contribution in [0.2, 0.25) is 0 Å². The molecule has 1 atom stereocenters. The molecular weight excluding hydrogens is 342 g/mol. The van der Waals surface area contributed by atoms with E-state index in [4.69, 9.17) is 16.3 Å². The molecule has 102 valence electrons. The van der Waals surface area contributed by atoms with Crippen molar-refractivity contribution in [2.45, 2.75) is 6.92 Å². The van der Waals surface area contributed by atoms with Crippen LogP contribution < -0.4 is 9.46 Å². The van der Waals surface area contributed by atoms with Crippen LogP contribution in [0.15, 0.2) is 22.7 Å². The maximum Gasteiger partial charge on any atom is 0.233 e. The summed E-state index contributed by atoms with van der Waals surface area (Å²) in [7, 11) is -1.89. The number of alkyl halides is 1. The number of hydrogen-bond donors (Lipinski definition) is 1. The van der Waals surface area contributed by atoms with E-state index in [-0.39, 0.29) is 11.7 Å². The van der Waals surface area contributed by atoms with Crippen LogP contribution in [0.4, 0.5) is 5.69 Å². The number of ether oxygens (including phenoxy) is 1. The number of anilines is 1. The van der Waals surface area contributed by atoms with Crippen molar-refractivity contribution in [2.24, 2.45) is 5.92 Å². The van der Waals surface area contributed by atoms with Crippen LogP contribution in [0.5, 0.6) is 5.75 Å². The Morgan fingerprint density at radius 3 is 2.72 bits per heavy atom. The Morgan fingerprint density at radius 1 is 1.50 bits per heavy atom. The average Bonchev–Trinajstić information content (AvgIpc) is 2.31. The third-order valence-electron chi connectivity index (χ3n) is 2.21. The zero-order valence-corrected chi connectivity index (χ0v) is 13.3. The number of methoxy groups -OCH3 is 1. The van der Waals surface area contributed by atoms with Gasteiger partial charge in [0.25, 0.3) is 0 Å². The minimum absolute atomic E-state index is 0.0137. The Morgan fingerprint density at radius 2 is 2.17 bits per heavy atom. The summed E-state index contributed by atoms with van der Waals surface area (Å²) < 4.78 is 32.0. The lowest BCUT2D eigenvalue weighted by molar-refractivity contribution is 0.415. The van der Waals surface area contributed by atoms with Crippen molar-refractivity contribution in [3.63, 3.8) is 0 Å². The molecule has 0 radical (unpaired) electrons. The van der Waals surface area contributed by atoms with Crippen molar-refractivity contribution in [3.05, 3.63) is 22.7 Å². The van der Waals surface area contributed by atoms with E-state index >= 15 is 0 Å². The molecule has 1 aromatic carbocycles. The lowest BCUT2D eigenvalue weighted by atomic mass is 10.3. The maximum atomic E-state index is 11.9. The van der Waals surface area contributed by atoms with Crippen LogP contribution in [0.25, 0.3) is 0 Å². The van der Waals surface area contributed by atoms with E-state index in [0.29, 0.717) is 21.8 Å². The van der Waals surface area contributed by atoms with Gasteiger partial charge in [-0.1, -0.05) is 6.92 Å². The molecule has 0 saturated heterocycles. The first-order valence-corrected chi connectivity index (χ1v) is 8.26. The van der Waals surface area contributed by atoms with E-state index in [9.17, 15) is 8.42 Å². The second kappa shape index (κ2) is 6.63. The van der Waals surface area contributed by atoms with Crippen LogP contribution in [0.3, 0.4) is 0 Å². The maximum absolute atomic E-state index is 11.9. The Bertz CT molecular complexity index is 507. The molecule has 18 heavy (non-hydrogen) atoms. The second-order valence-electron chi connectivity index (χ2n) is 3.99. The smallest absolute Gasteiger partial charge is 0.233 e. The molecular formula is C11H15BrClNO3S. The molecule has 0 fully saturated rings. The normalized spacial score (nSPS) is 13.1. The summed E-state index contributed by atoms with van der Waals surface area (Å²) in [6.07, 6.45) is 0. The summed E-state index contributed by atoms with van der Waals surface area (Å²) in [6, 6.07) is 5.08. The Hall–Kier alpha value is -0.460. The van der Waals surface area contributed by atoms with Gasteiger partial charge in [0.2, 0.25) is 10.0 Å². The van der Waals surface area contributed by atoms with Crippen LogP contribution in [-0.4, -0.2) is 27.2 Å². The van der Waals surface area contributed by atoms with Gasteiger partial charge in [0.1, 0.15) is 5.75 Å². The molecule has 0 aliphatic heterocycles. The van der Waals surface area contributed by atoms with Gasteiger partial charge in [0, 0.05) is 16.4 Å². The van der Waals surface area contributed by atoms with Gasteiger partial charge in [-0.15, -0.1) is 11.6 Å². The highest BCUT2D eigenvalue weighted by atomic mass is 79.9.